The van der Waals surface area contributed by atoms with Crippen molar-refractivity contribution in [1.82, 2.24) is 10.2 Å². The summed E-state index contributed by atoms with van der Waals surface area (Å²) in [6.07, 6.45) is 1.34. The number of hydrogen-bond donors (Lipinski definition) is 2. The Morgan fingerprint density at radius 2 is 1.91 bits per heavy atom. The number of carboxylic acid groups (broad SMARTS) is 1. The van der Waals surface area contributed by atoms with E-state index in [1.54, 1.807) is 36.1 Å². The maximum absolute atomic E-state index is 12.5. The highest BCUT2D eigenvalue weighted by molar-refractivity contribution is 5.95. The second-order valence-corrected chi connectivity index (χ2v) is 6.29. The summed E-state index contributed by atoms with van der Waals surface area (Å²) < 4.78 is 0. The van der Waals surface area contributed by atoms with Crippen molar-refractivity contribution in [2.24, 2.45) is 5.41 Å². The van der Waals surface area contributed by atoms with Gasteiger partial charge in [0.25, 0.3) is 5.91 Å². The molecule has 1 unspecified atom stereocenters. The summed E-state index contributed by atoms with van der Waals surface area (Å²) in [5.74, 6) is -1.50. The summed E-state index contributed by atoms with van der Waals surface area (Å²) in [5, 5.41) is 11.4. The van der Waals surface area contributed by atoms with Crippen LogP contribution < -0.4 is 5.32 Å². The number of hydrogen-bond acceptors (Lipinski definition) is 3. The van der Waals surface area contributed by atoms with Gasteiger partial charge in [-0.05, 0) is 38.8 Å². The van der Waals surface area contributed by atoms with Crippen molar-refractivity contribution in [1.29, 1.82) is 0 Å². The first-order valence-electron chi connectivity index (χ1n) is 7.71. The van der Waals surface area contributed by atoms with Crippen LogP contribution in [0.5, 0.6) is 0 Å². The summed E-state index contributed by atoms with van der Waals surface area (Å²) in [7, 11) is 0. The number of likely N-dealkylation sites (tertiary alicyclic amines) is 1. The van der Waals surface area contributed by atoms with Crippen LogP contribution in [0.15, 0.2) is 30.3 Å². The van der Waals surface area contributed by atoms with Crippen molar-refractivity contribution < 1.29 is 19.5 Å². The van der Waals surface area contributed by atoms with E-state index in [4.69, 9.17) is 5.11 Å². The molecule has 0 aliphatic carbocycles. The van der Waals surface area contributed by atoms with Gasteiger partial charge in [-0.2, -0.15) is 0 Å². The van der Waals surface area contributed by atoms with Gasteiger partial charge in [-0.25, -0.2) is 0 Å². The fourth-order valence-corrected chi connectivity index (χ4v) is 2.79. The average Bonchev–Trinajstić information content (AvgIpc) is 2.54. The largest absolute Gasteiger partial charge is 0.480 e. The minimum absolute atomic E-state index is 0.101. The summed E-state index contributed by atoms with van der Waals surface area (Å²) in [4.78, 5) is 37.5. The topological polar surface area (TPSA) is 86.7 Å². The predicted octanol–water partition coefficient (Wildman–Crippen LogP) is 1.52. The van der Waals surface area contributed by atoms with E-state index in [9.17, 15) is 14.4 Å². The van der Waals surface area contributed by atoms with Crippen molar-refractivity contribution in [2.75, 3.05) is 13.1 Å². The number of nitrogens with one attached hydrogen (secondary N) is 1. The van der Waals surface area contributed by atoms with Gasteiger partial charge >= 0.3 is 5.97 Å². The number of carbonyl (C=O) groups excluding carboxylic acids is 2. The first kappa shape index (κ1) is 17.0. The summed E-state index contributed by atoms with van der Waals surface area (Å²) >= 11 is 0. The van der Waals surface area contributed by atoms with Crippen molar-refractivity contribution in [2.45, 2.75) is 32.7 Å². The smallest absolute Gasteiger partial charge is 0.325 e. The molecule has 1 aliphatic heterocycles. The van der Waals surface area contributed by atoms with Crippen LogP contribution >= 0.6 is 0 Å². The Hall–Kier alpha value is -2.37. The molecule has 0 radical (unpaired) electrons. The number of amides is 2. The lowest BCUT2D eigenvalue weighted by molar-refractivity contribution is -0.144. The van der Waals surface area contributed by atoms with Gasteiger partial charge in [-0.15, -0.1) is 0 Å². The Balaban J connectivity index is 2.08. The fourth-order valence-electron chi connectivity index (χ4n) is 2.79. The lowest BCUT2D eigenvalue weighted by atomic mass is 9.80. The molecule has 2 atom stereocenters. The third kappa shape index (κ3) is 3.88. The van der Waals surface area contributed by atoms with Crippen molar-refractivity contribution in [3.63, 3.8) is 0 Å². The summed E-state index contributed by atoms with van der Waals surface area (Å²) in [6, 6.07) is 8.01. The van der Waals surface area contributed by atoms with Crippen LogP contribution in [0.4, 0.5) is 0 Å². The van der Waals surface area contributed by atoms with E-state index in [0.29, 0.717) is 31.5 Å². The Bertz CT molecular complexity index is 602. The third-order valence-electron chi connectivity index (χ3n) is 4.27. The summed E-state index contributed by atoms with van der Waals surface area (Å²) in [6.45, 7) is 4.10. The molecular weight excluding hydrogens is 296 g/mol. The number of carboxylic acids is 1. The van der Waals surface area contributed by atoms with Crippen LogP contribution in [0.25, 0.3) is 0 Å². The zero-order valence-corrected chi connectivity index (χ0v) is 13.4. The molecule has 0 spiro atoms. The maximum Gasteiger partial charge on any atom is 0.325 e. The Labute approximate surface area is 135 Å². The molecule has 1 aliphatic rings. The second kappa shape index (κ2) is 6.81. The number of rotatable bonds is 4. The zero-order valence-electron chi connectivity index (χ0n) is 13.4. The van der Waals surface area contributed by atoms with E-state index >= 15 is 0 Å². The number of benzene rings is 1. The molecule has 6 heteroatoms. The van der Waals surface area contributed by atoms with Gasteiger partial charge in [-0.1, -0.05) is 18.2 Å². The van der Waals surface area contributed by atoms with E-state index in [1.165, 1.54) is 6.92 Å². The van der Waals surface area contributed by atoms with Gasteiger partial charge in [0.2, 0.25) is 5.91 Å². The number of aliphatic carboxylic acids is 1. The highest BCUT2D eigenvalue weighted by Crippen LogP contribution is 2.30. The van der Waals surface area contributed by atoms with Gasteiger partial charge in [-0.3, -0.25) is 14.4 Å². The van der Waals surface area contributed by atoms with E-state index in [0.717, 1.165) is 0 Å². The van der Waals surface area contributed by atoms with E-state index in [-0.39, 0.29) is 11.8 Å². The fraction of sp³-hybridized carbons (Fsp3) is 0.471. The standard InChI is InChI=1S/C17H22N2O4/c1-12(15(21)22)18-16(23)17(2)9-6-10-19(11-17)14(20)13-7-4-3-5-8-13/h3-5,7-8,12H,6,9-11H2,1-2H3,(H,18,23)(H,21,22)/t12-,17?/m1/s1. The number of carbonyl (C=O) groups is 3. The first-order chi connectivity index (χ1) is 10.8. The minimum Gasteiger partial charge on any atom is -0.480 e. The van der Waals surface area contributed by atoms with Crippen molar-refractivity contribution in [3.05, 3.63) is 35.9 Å². The summed E-state index contributed by atoms with van der Waals surface area (Å²) in [5.41, 5.74) is -0.178. The van der Waals surface area contributed by atoms with E-state index in [2.05, 4.69) is 5.32 Å². The van der Waals surface area contributed by atoms with Gasteiger partial charge in [0.1, 0.15) is 6.04 Å². The predicted molar refractivity (Wildman–Crippen MR) is 84.9 cm³/mol. The van der Waals surface area contributed by atoms with Crippen molar-refractivity contribution >= 4 is 17.8 Å². The molecule has 124 valence electrons. The Kier molecular flexibility index (Phi) is 5.03. The zero-order chi connectivity index (χ0) is 17.0. The van der Waals surface area contributed by atoms with Gasteiger partial charge in [0, 0.05) is 18.7 Å². The van der Waals surface area contributed by atoms with E-state index < -0.39 is 17.4 Å². The number of piperidine rings is 1. The highest BCUT2D eigenvalue weighted by atomic mass is 16.4. The quantitative estimate of drug-likeness (QED) is 0.881. The minimum atomic E-state index is -1.07. The molecule has 2 rings (SSSR count). The average molecular weight is 318 g/mol. The molecule has 1 fully saturated rings. The van der Waals surface area contributed by atoms with Crippen LogP contribution in [0.1, 0.15) is 37.0 Å². The van der Waals surface area contributed by atoms with Crippen LogP contribution in [-0.4, -0.2) is 46.9 Å². The van der Waals surface area contributed by atoms with Crippen molar-refractivity contribution in [3.8, 4) is 0 Å². The first-order valence-corrected chi connectivity index (χ1v) is 7.71. The lowest BCUT2D eigenvalue weighted by Gasteiger charge is -2.39. The Morgan fingerprint density at radius 3 is 2.52 bits per heavy atom. The molecule has 23 heavy (non-hydrogen) atoms. The van der Waals surface area contributed by atoms with Gasteiger partial charge in [0.15, 0.2) is 0 Å². The SMILES string of the molecule is C[C@@H](NC(=O)C1(C)CCCN(C(=O)c2ccccc2)C1)C(=O)O. The molecule has 0 aromatic heterocycles. The van der Waals surface area contributed by atoms with Crippen LogP contribution in [-0.2, 0) is 9.59 Å². The lowest BCUT2D eigenvalue weighted by Crippen LogP contribution is -2.54. The molecule has 1 saturated heterocycles. The van der Waals surface area contributed by atoms with Gasteiger partial charge < -0.3 is 15.3 Å². The molecule has 0 bridgehead atoms. The molecule has 1 aromatic carbocycles. The maximum atomic E-state index is 12.5. The number of nitrogens with zero attached hydrogens (tertiary/aromatic N) is 1. The second-order valence-electron chi connectivity index (χ2n) is 6.29. The molecule has 1 aromatic rings. The molecule has 1 heterocycles. The highest BCUT2D eigenvalue weighted by Gasteiger charge is 2.40. The molecule has 0 saturated carbocycles. The van der Waals surface area contributed by atoms with Crippen LogP contribution in [0.2, 0.25) is 0 Å². The Morgan fingerprint density at radius 1 is 1.26 bits per heavy atom. The third-order valence-corrected chi connectivity index (χ3v) is 4.27. The normalized spacial score (nSPS) is 22.3. The molecule has 2 N–H and O–H groups in total. The van der Waals surface area contributed by atoms with Crippen LogP contribution in [0, 0.1) is 5.41 Å². The monoisotopic (exact) mass is 318 g/mol. The van der Waals surface area contributed by atoms with Gasteiger partial charge in [0.05, 0.1) is 5.41 Å². The van der Waals surface area contributed by atoms with Crippen LogP contribution in [0.3, 0.4) is 0 Å². The molecule has 6 nitrogen and oxygen atoms in total. The molecular formula is C17H22N2O4. The molecule has 2 amide bonds. The van der Waals surface area contributed by atoms with E-state index in [1.807, 2.05) is 6.07 Å².